The highest BCUT2D eigenvalue weighted by atomic mass is 32.2. The molecule has 0 aliphatic rings. The Morgan fingerprint density at radius 1 is 1.03 bits per heavy atom. The molecule has 2 aromatic carbocycles. The molecule has 15 heteroatoms. The molecule has 0 atom stereocenters. The molecule has 4 rings (SSSR count). The smallest absolute Gasteiger partial charge is 0.345 e. The van der Waals surface area contributed by atoms with Gasteiger partial charge in [-0.15, -0.1) is 0 Å². The fraction of sp³-hybridized carbons (Fsp3) is 0.0500. The summed E-state index contributed by atoms with van der Waals surface area (Å²) < 4.78 is 94.8. The van der Waals surface area contributed by atoms with E-state index in [0.29, 0.717) is 36.4 Å². The molecule has 4 N–H and O–H groups in total. The molecule has 0 radical (unpaired) electrons. The van der Waals surface area contributed by atoms with Crippen molar-refractivity contribution in [3.8, 4) is 0 Å². The molecule has 0 saturated heterocycles. The molecule has 0 spiro atoms. The van der Waals surface area contributed by atoms with E-state index in [0.717, 1.165) is 12.5 Å². The molecule has 0 fully saturated rings. The third kappa shape index (κ3) is 4.38. The summed E-state index contributed by atoms with van der Waals surface area (Å²) in [5.41, 5.74) is -1.61. The number of carbonyl (C=O) groups is 1. The monoisotopic (exact) mass is 513 g/mol. The quantitative estimate of drug-likeness (QED) is 0.173. The van der Waals surface area contributed by atoms with Gasteiger partial charge < -0.3 is 4.98 Å². The van der Waals surface area contributed by atoms with Crippen molar-refractivity contribution in [1.29, 1.82) is 0 Å². The molecule has 0 amide bonds. The Bertz CT molecular complexity index is 1550. The number of hydrogen-bond acceptors (Lipinski definition) is 7. The van der Waals surface area contributed by atoms with Crippen molar-refractivity contribution in [2.45, 2.75) is 11.1 Å². The number of fused-ring (bicyclic) bond motifs is 1. The van der Waals surface area contributed by atoms with Gasteiger partial charge in [0.1, 0.15) is 17.8 Å². The molecule has 9 nitrogen and oxygen atoms in total. The van der Waals surface area contributed by atoms with Gasteiger partial charge in [-0.05, 0) is 36.4 Å². The number of sulfonamides is 1. The van der Waals surface area contributed by atoms with Crippen LogP contribution in [0.3, 0.4) is 0 Å². The van der Waals surface area contributed by atoms with E-state index in [4.69, 9.17) is 0 Å². The number of carbonyl (C=O) groups excluding carboxylic acids is 1. The van der Waals surface area contributed by atoms with Crippen LogP contribution in [0, 0.1) is 11.6 Å². The van der Waals surface area contributed by atoms with Gasteiger partial charge in [0.15, 0.2) is 11.6 Å². The Kier molecular flexibility index (Phi) is 5.90. The average molecular weight is 513 g/mol. The third-order valence-corrected chi connectivity index (χ3v) is 6.26. The predicted octanol–water partition coefficient (Wildman–Crippen LogP) is 4.09. The number of halogens is 5. The first kappa shape index (κ1) is 24.0. The van der Waals surface area contributed by atoms with E-state index >= 15 is 4.39 Å². The first-order chi connectivity index (χ1) is 16.4. The van der Waals surface area contributed by atoms with Gasteiger partial charge in [0.2, 0.25) is 5.78 Å². The summed E-state index contributed by atoms with van der Waals surface area (Å²) in [6.07, 6.45) is -2.59. The minimum atomic E-state index is -4.70. The number of H-pyrrole nitrogens is 1. The number of aromatic nitrogens is 3. The summed E-state index contributed by atoms with van der Waals surface area (Å²) >= 11 is 0. The Labute approximate surface area is 192 Å². The van der Waals surface area contributed by atoms with Gasteiger partial charge in [-0.2, -0.15) is 13.2 Å². The highest BCUT2D eigenvalue weighted by Crippen LogP contribution is 2.32. The minimum Gasteiger partial charge on any atom is -0.345 e. The van der Waals surface area contributed by atoms with E-state index < -0.39 is 55.3 Å². The lowest BCUT2D eigenvalue weighted by molar-refractivity contribution is -0.137. The van der Waals surface area contributed by atoms with Crippen LogP contribution in [0.15, 0.2) is 53.8 Å². The first-order valence-corrected chi connectivity index (χ1v) is 10.9. The number of anilines is 2. The fourth-order valence-electron chi connectivity index (χ4n) is 3.23. The van der Waals surface area contributed by atoms with Crippen LogP contribution in [-0.2, 0) is 16.2 Å². The molecule has 35 heavy (non-hydrogen) atoms. The topological polar surface area (TPSA) is 137 Å². The minimum absolute atomic E-state index is 0.0554. The van der Waals surface area contributed by atoms with Crippen molar-refractivity contribution < 1.29 is 40.4 Å². The van der Waals surface area contributed by atoms with Crippen molar-refractivity contribution in [2.24, 2.45) is 0 Å². The molecule has 0 saturated carbocycles. The van der Waals surface area contributed by atoms with Crippen molar-refractivity contribution in [3.05, 3.63) is 77.2 Å². The van der Waals surface area contributed by atoms with Crippen molar-refractivity contribution >= 4 is 38.3 Å². The number of nitrogens with one attached hydrogen (secondary N) is 3. The largest absolute Gasteiger partial charge is 0.416 e. The molecular formula is C20H12F5N5O4S. The fourth-order valence-corrected chi connectivity index (χ4v) is 4.29. The summed E-state index contributed by atoms with van der Waals surface area (Å²) in [6.45, 7) is 0. The zero-order valence-electron chi connectivity index (χ0n) is 17.0. The third-order valence-electron chi connectivity index (χ3n) is 4.87. The van der Waals surface area contributed by atoms with Crippen LogP contribution in [0.1, 0.15) is 21.5 Å². The zero-order valence-corrected chi connectivity index (χ0v) is 17.8. The molecule has 2 aromatic heterocycles. The number of ketones is 1. The molecule has 2 heterocycles. The van der Waals surface area contributed by atoms with Gasteiger partial charge in [0.05, 0.1) is 32.7 Å². The van der Waals surface area contributed by atoms with Gasteiger partial charge in [-0.1, -0.05) is 0 Å². The maximum atomic E-state index is 15.2. The highest BCUT2D eigenvalue weighted by molar-refractivity contribution is 7.92. The maximum absolute atomic E-state index is 15.2. The van der Waals surface area contributed by atoms with Crippen LogP contribution in [0.5, 0.6) is 0 Å². The van der Waals surface area contributed by atoms with Gasteiger partial charge >= 0.3 is 6.18 Å². The molecule has 4 aromatic rings. The molecular weight excluding hydrogens is 501 g/mol. The molecule has 182 valence electrons. The Morgan fingerprint density at radius 3 is 2.34 bits per heavy atom. The number of hydrogen-bond donors (Lipinski definition) is 4. The van der Waals surface area contributed by atoms with E-state index in [1.165, 1.54) is 0 Å². The van der Waals surface area contributed by atoms with Crippen LogP contribution in [0.25, 0.3) is 11.0 Å². The zero-order chi connectivity index (χ0) is 25.5. The predicted molar refractivity (Wildman–Crippen MR) is 111 cm³/mol. The van der Waals surface area contributed by atoms with Crippen molar-refractivity contribution in [1.82, 2.24) is 15.0 Å². The van der Waals surface area contributed by atoms with Crippen molar-refractivity contribution in [3.63, 3.8) is 0 Å². The second-order valence-electron chi connectivity index (χ2n) is 7.00. The summed E-state index contributed by atoms with van der Waals surface area (Å²) in [7, 11) is -4.61. The van der Waals surface area contributed by atoms with Gasteiger partial charge in [0, 0.05) is 6.20 Å². The Morgan fingerprint density at radius 2 is 1.71 bits per heavy atom. The maximum Gasteiger partial charge on any atom is 0.416 e. The summed E-state index contributed by atoms with van der Waals surface area (Å²) in [6, 6.07) is 3.72. The lowest BCUT2D eigenvalue weighted by Crippen LogP contribution is -2.17. The molecule has 0 unspecified atom stereocenters. The van der Waals surface area contributed by atoms with Gasteiger partial charge in [0.25, 0.3) is 10.0 Å². The second-order valence-corrected chi connectivity index (χ2v) is 8.68. The number of aromatic amines is 1. The van der Waals surface area contributed by atoms with E-state index in [9.17, 15) is 36.0 Å². The van der Waals surface area contributed by atoms with Crippen LogP contribution < -0.4 is 10.2 Å². The van der Waals surface area contributed by atoms with Crippen LogP contribution in [0.4, 0.5) is 33.5 Å². The number of rotatable bonds is 6. The number of nitrogens with zero attached hydrogens (tertiary/aromatic N) is 2. The van der Waals surface area contributed by atoms with Crippen LogP contribution >= 0.6 is 0 Å². The van der Waals surface area contributed by atoms with Gasteiger partial charge in [-0.3, -0.25) is 20.2 Å². The van der Waals surface area contributed by atoms with E-state index in [1.807, 2.05) is 0 Å². The lowest BCUT2D eigenvalue weighted by atomic mass is 10.0. The number of alkyl halides is 3. The highest BCUT2D eigenvalue weighted by Gasteiger charge is 2.31. The van der Waals surface area contributed by atoms with E-state index in [-0.39, 0.29) is 22.4 Å². The Balaban J connectivity index is 1.73. The van der Waals surface area contributed by atoms with Gasteiger partial charge in [-0.25, -0.2) is 27.2 Å². The standard InChI is InChI=1S/C20H12F5N5O4S/c21-12-5-6-13(30-35(33,34)10-3-1-9(2-4-10)20(23,24)25)16(22)15(12)17(31)11-7-26-18-14(11)19(29-32)28-8-27-18/h1-8,30,32H,(H2,26,27,28,29). The van der Waals surface area contributed by atoms with Crippen molar-refractivity contribution in [2.75, 3.05) is 10.2 Å². The van der Waals surface area contributed by atoms with E-state index in [1.54, 1.807) is 10.2 Å². The van der Waals surface area contributed by atoms with Crippen LogP contribution in [0.2, 0.25) is 0 Å². The second kappa shape index (κ2) is 8.59. The SMILES string of the molecule is O=C(c1c(F)ccc(NS(=O)(=O)c2ccc(C(F)(F)F)cc2)c1F)c1c[nH]c2ncnc(NO)c12. The summed E-state index contributed by atoms with van der Waals surface area (Å²) in [4.78, 5) is 22.5. The molecule has 0 aliphatic heterocycles. The summed E-state index contributed by atoms with van der Waals surface area (Å²) in [5, 5.41) is 9.14. The van der Waals surface area contributed by atoms with E-state index in [2.05, 4.69) is 15.0 Å². The average Bonchev–Trinajstić information content (AvgIpc) is 3.25. The normalized spacial score (nSPS) is 12.1. The van der Waals surface area contributed by atoms with Crippen LogP contribution in [-0.4, -0.2) is 34.4 Å². The Hall–Kier alpha value is -4.11. The summed E-state index contributed by atoms with van der Waals surface area (Å²) in [5.74, 6) is -4.36. The lowest BCUT2D eigenvalue weighted by Gasteiger charge is -2.13. The number of benzene rings is 2. The molecule has 0 bridgehead atoms. The first-order valence-electron chi connectivity index (χ1n) is 9.39. The molecule has 0 aliphatic carbocycles.